The summed E-state index contributed by atoms with van der Waals surface area (Å²) in [6.45, 7) is 6.47. The van der Waals surface area contributed by atoms with Crippen LogP contribution in [0.25, 0.3) is 0 Å². The molecule has 1 rings (SSSR count). The molecule has 0 saturated carbocycles. The molecule has 0 atom stereocenters. The topological polar surface area (TPSA) is 0 Å². The van der Waals surface area contributed by atoms with Gasteiger partial charge in [0, 0.05) is 0 Å². The van der Waals surface area contributed by atoms with E-state index in [9.17, 15) is 0 Å². The standard InChI is InChI=1S/C12H17BCl2/c1-4-9-7-10(5-2)12(13(14)15)11(6-3)8-9/h7-8H,4-6H2,1-3H3. The third-order valence-electron chi connectivity index (χ3n) is 2.80. The summed E-state index contributed by atoms with van der Waals surface area (Å²) < 4.78 is 0. The van der Waals surface area contributed by atoms with Crippen LogP contribution >= 0.6 is 22.9 Å². The average Bonchev–Trinajstić information content (AvgIpc) is 2.26. The number of halogens is 2. The molecule has 0 saturated heterocycles. The Balaban J connectivity index is 3.32. The highest BCUT2D eigenvalue weighted by Gasteiger charge is 2.18. The minimum absolute atomic E-state index is 0.402. The zero-order valence-corrected chi connectivity index (χ0v) is 11.1. The van der Waals surface area contributed by atoms with E-state index in [2.05, 4.69) is 32.9 Å². The van der Waals surface area contributed by atoms with Crippen molar-refractivity contribution in [3.05, 3.63) is 28.8 Å². The number of hydrogen-bond donors (Lipinski definition) is 0. The second-order valence-corrected chi connectivity index (χ2v) is 4.79. The number of hydrogen-bond acceptors (Lipinski definition) is 0. The van der Waals surface area contributed by atoms with Gasteiger partial charge in [-0.3, -0.25) is 0 Å². The van der Waals surface area contributed by atoms with Gasteiger partial charge in [-0.15, -0.1) is 0 Å². The molecular formula is C12H17BCl2. The molecule has 0 spiro atoms. The highest BCUT2D eigenvalue weighted by atomic mass is 35.5. The summed E-state index contributed by atoms with van der Waals surface area (Å²) in [6.07, 6.45) is 3.05. The van der Waals surface area contributed by atoms with E-state index in [1.54, 1.807) is 0 Å². The fourth-order valence-electron chi connectivity index (χ4n) is 1.92. The molecular weight excluding hydrogens is 226 g/mol. The summed E-state index contributed by atoms with van der Waals surface area (Å²) >= 11 is 12.1. The SMILES string of the molecule is CCc1cc(CC)c(B(Cl)Cl)c(CC)c1. The molecule has 3 heteroatoms. The normalized spacial score (nSPS) is 10.5. The van der Waals surface area contributed by atoms with Gasteiger partial charge >= 0.3 is 5.54 Å². The predicted molar refractivity (Wildman–Crippen MR) is 71.7 cm³/mol. The van der Waals surface area contributed by atoms with Crippen molar-refractivity contribution in [1.29, 1.82) is 0 Å². The quantitative estimate of drug-likeness (QED) is 0.709. The first-order valence-corrected chi connectivity index (χ1v) is 6.43. The zero-order valence-electron chi connectivity index (χ0n) is 9.61. The fourth-order valence-corrected chi connectivity index (χ4v) is 2.48. The Bertz CT molecular complexity index is 309. The molecule has 0 fully saturated rings. The molecule has 0 heterocycles. The van der Waals surface area contributed by atoms with Crippen LogP contribution in [-0.4, -0.2) is 5.54 Å². The van der Waals surface area contributed by atoms with Gasteiger partial charge in [0.25, 0.3) is 0 Å². The summed E-state index contributed by atoms with van der Waals surface area (Å²) in [5.41, 5.74) is 4.69. The van der Waals surface area contributed by atoms with E-state index in [0.29, 0.717) is 0 Å². The van der Waals surface area contributed by atoms with Gasteiger partial charge in [0.2, 0.25) is 0 Å². The van der Waals surface area contributed by atoms with Crippen LogP contribution in [0.3, 0.4) is 0 Å². The van der Waals surface area contributed by atoms with Gasteiger partial charge in [-0.1, -0.05) is 44.0 Å². The molecule has 0 bridgehead atoms. The molecule has 0 aliphatic carbocycles. The number of benzene rings is 1. The van der Waals surface area contributed by atoms with Crippen LogP contribution in [-0.2, 0) is 19.3 Å². The third-order valence-corrected chi connectivity index (χ3v) is 3.24. The van der Waals surface area contributed by atoms with Crippen LogP contribution in [0.5, 0.6) is 0 Å². The Morgan fingerprint density at radius 3 is 1.67 bits per heavy atom. The molecule has 0 radical (unpaired) electrons. The Morgan fingerprint density at radius 1 is 0.933 bits per heavy atom. The summed E-state index contributed by atoms with van der Waals surface area (Å²) in [6, 6.07) is 4.46. The highest BCUT2D eigenvalue weighted by molar-refractivity contribution is 7.39. The molecule has 1 aromatic carbocycles. The second kappa shape index (κ2) is 5.82. The number of rotatable bonds is 4. The Labute approximate surface area is 103 Å². The van der Waals surface area contributed by atoms with E-state index < -0.39 is 5.54 Å². The molecule has 15 heavy (non-hydrogen) atoms. The lowest BCUT2D eigenvalue weighted by Gasteiger charge is -2.14. The Hall–Kier alpha value is -0.135. The van der Waals surface area contributed by atoms with Crippen molar-refractivity contribution in [3.8, 4) is 0 Å². The van der Waals surface area contributed by atoms with Gasteiger partial charge in [0.15, 0.2) is 0 Å². The van der Waals surface area contributed by atoms with Crippen molar-refractivity contribution in [1.82, 2.24) is 0 Å². The van der Waals surface area contributed by atoms with Crippen molar-refractivity contribution < 1.29 is 0 Å². The van der Waals surface area contributed by atoms with Crippen LogP contribution < -0.4 is 5.46 Å². The van der Waals surface area contributed by atoms with Gasteiger partial charge < -0.3 is 0 Å². The van der Waals surface area contributed by atoms with Crippen molar-refractivity contribution in [2.24, 2.45) is 0 Å². The van der Waals surface area contributed by atoms with E-state index in [4.69, 9.17) is 22.9 Å². The van der Waals surface area contributed by atoms with Crippen molar-refractivity contribution in [2.75, 3.05) is 0 Å². The van der Waals surface area contributed by atoms with Gasteiger partial charge in [0.05, 0.1) is 0 Å². The lowest BCUT2D eigenvalue weighted by atomic mass is 9.80. The molecule has 0 aliphatic rings. The first-order valence-electron chi connectivity index (χ1n) is 5.56. The van der Waals surface area contributed by atoms with E-state index in [0.717, 1.165) is 24.7 Å². The Morgan fingerprint density at radius 2 is 1.40 bits per heavy atom. The summed E-state index contributed by atoms with van der Waals surface area (Å²) in [7, 11) is 0. The summed E-state index contributed by atoms with van der Waals surface area (Å²) in [5, 5.41) is 0. The third kappa shape index (κ3) is 2.92. The van der Waals surface area contributed by atoms with Crippen LogP contribution in [0.15, 0.2) is 12.1 Å². The second-order valence-electron chi connectivity index (χ2n) is 3.69. The summed E-state index contributed by atoms with van der Waals surface area (Å²) in [5.74, 6) is 0. The maximum Gasteiger partial charge on any atom is 0.383 e. The van der Waals surface area contributed by atoms with E-state index >= 15 is 0 Å². The van der Waals surface area contributed by atoms with Gasteiger partial charge in [-0.2, -0.15) is 22.9 Å². The maximum absolute atomic E-state index is 6.03. The van der Waals surface area contributed by atoms with Gasteiger partial charge in [-0.25, -0.2) is 0 Å². The van der Waals surface area contributed by atoms with E-state index in [-0.39, 0.29) is 0 Å². The van der Waals surface area contributed by atoms with Crippen LogP contribution in [0.1, 0.15) is 37.5 Å². The lowest BCUT2D eigenvalue weighted by Crippen LogP contribution is -2.27. The van der Waals surface area contributed by atoms with Crippen molar-refractivity contribution >= 4 is 33.9 Å². The molecule has 0 N–H and O–H groups in total. The van der Waals surface area contributed by atoms with Crippen LogP contribution in [0, 0.1) is 0 Å². The smallest absolute Gasteiger partial charge is 0.165 e. The van der Waals surface area contributed by atoms with Crippen LogP contribution in [0.4, 0.5) is 0 Å². The fraction of sp³-hybridized carbons (Fsp3) is 0.500. The minimum Gasteiger partial charge on any atom is -0.165 e. The maximum atomic E-state index is 6.03. The molecule has 0 aromatic heterocycles. The molecule has 0 aliphatic heterocycles. The summed E-state index contributed by atoms with van der Waals surface area (Å²) in [4.78, 5) is 0. The average molecular weight is 243 g/mol. The van der Waals surface area contributed by atoms with E-state index in [1.165, 1.54) is 16.7 Å². The van der Waals surface area contributed by atoms with Crippen molar-refractivity contribution in [3.63, 3.8) is 0 Å². The lowest BCUT2D eigenvalue weighted by molar-refractivity contribution is 1.06. The highest BCUT2D eigenvalue weighted by Crippen LogP contribution is 2.14. The molecule has 82 valence electrons. The first-order chi connectivity index (χ1) is 7.13. The molecule has 1 aromatic rings. The predicted octanol–water partition coefficient (Wildman–Crippen LogP) is 3.55. The monoisotopic (exact) mass is 242 g/mol. The largest absolute Gasteiger partial charge is 0.383 e. The molecule has 0 unspecified atom stereocenters. The van der Waals surface area contributed by atoms with Crippen molar-refractivity contribution in [2.45, 2.75) is 40.0 Å². The molecule has 0 amide bonds. The zero-order chi connectivity index (χ0) is 11.4. The number of aryl methyl sites for hydroxylation is 3. The molecule has 0 nitrogen and oxygen atoms in total. The van der Waals surface area contributed by atoms with Gasteiger partial charge in [-0.05, 0) is 30.3 Å². The minimum atomic E-state index is -0.402. The van der Waals surface area contributed by atoms with E-state index in [1.807, 2.05) is 0 Å². The first kappa shape index (κ1) is 12.9. The Kier molecular flexibility index (Phi) is 5.01. The van der Waals surface area contributed by atoms with Gasteiger partial charge in [0.1, 0.15) is 0 Å². The van der Waals surface area contributed by atoms with Crippen LogP contribution in [0.2, 0.25) is 0 Å².